The Morgan fingerprint density at radius 2 is 2.00 bits per heavy atom. The Morgan fingerprint density at radius 1 is 1.20 bits per heavy atom. The standard InChI is InChI=1S/C16H20FN3/c1-4-9-18-16-12(5-2)15(19-10-20-16)13-7-6-8-14(17)11(13)3/h6-8,10H,4-5,9H2,1-3H3,(H,18,19,20). The van der Waals surface area contributed by atoms with Crippen LogP contribution in [0, 0.1) is 12.7 Å². The third kappa shape index (κ3) is 2.79. The van der Waals surface area contributed by atoms with E-state index in [1.807, 2.05) is 6.07 Å². The van der Waals surface area contributed by atoms with Gasteiger partial charge in [0.15, 0.2) is 0 Å². The highest BCUT2D eigenvalue weighted by Gasteiger charge is 2.14. The summed E-state index contributed by atoms with van der Waals surface area (Å²) in [5.41, 5.74) is 3.32. The predicted octanol–water partition coefficient (Wildman–Crippen LogP) is 3.98. The third-order valence-corrected chi connectivity index (χ3v) is 3.36. The van der Waals surface area contributed by atoms with Crippen LogP contribution in [0.3, 0.4) is 0 Å². The number of hydrogen-bond acceptors (Lipinski definition) is 3. The fourth-order valence-electron chi connectivity index (χ4n) is 2.24. The van der Waals surface area contributed by atoms with Gasteiger partial charge in [0.05, 0.1) is 5.69 Å². The third-order valence-electron chi connectivity index (χ3n) is 3.36. The van der Waals surface area contributed by atoms with E-state index < -0.39 is 0 Å². The normalized spacial score (nSPS) is 10.6. The summed E-state index contributed by atoms with van der Waals surface area (Å²) in [5.74, 6) is 0.647. The predicted molar refractivity (Wildman–Crippen MR) is 80.3 cm³/mol. The van der Waals surface area contributed by atoms with Crippen LogP contribution in [0.1, 0.15) is 31.4 Å². The van der Waals surface area contributed by atoms with E-state index in [1.54, 1.807) is 13.0 Å². The number of anilines is 1. The van der Waals surface area contributed by atoms with Gasteiger partial charge in [-0.1, -0.05) is 26.0 Å². The fourth-order valence-corrected chi connectivity index (χ4v) is 2.24. The molecule has 0 aliphatic rings. The largest absolute Gasteiger partial charge is 0.370 e. The molecule has 0 saturated carbocycles. The molecule has 0 radical (unpaired) electrons. The Morgan fingerprint density at radius 3 is 2.70 bits per heavy atom. The molecule has 4 heteroatoms. The first-order chi connectivity index (χ1) is 9.69. The summed E-state index contributed by atoms with van der Waals surface area (Å²) in [7, 11) is 0. The van der Waals surface area contributed by atoms with Gasteiger partial charge in [-0.05, 0) is 31.4 Å². The van der Waals surface area contributed by atoms with E-state index in [-0.39, 0.29) is 5.82 Å². The van der Waals surface area contributed by atoms with Crippen LogP contribution in [-0.4, -0.2) is 16.5 Å². The first kappa shape index (κ1) is 14.4. The fraction of sp³-hybridized carbons (Fsp3) is 0.375. The molecule has 0 fully saturated rings. The summed E-state index contributed by atoms with van der Waals surface area (Å²) < 4.78 is 13.7. The smallest absolute Gasteiger partial charge is 0.133 e. The average Bonchev–Trinajstić information content (AvgIpc) is 2.47. The highest BCUT2D eigenvalue weighted by molar-refractivity contribution is 5.71. The zero-order valence-corrected chi connectivity index (χ0v) is 12.2. The molecule has 1 N–H and O–H groups in total. The quantitative estimate of drug-likeness (QED) is 0.895. The molecule has 2 aromatic rings. The number of nitrogens with one attached hydrogen (secondary N) is 1. The van der Waals surface area contributed by atoms with Gasteiger partial charge in [-0.3, -0.25) is 0 Å². The lowest BCUT2D eigenvalue weighted by Crippen LogP contribution is -2.07. The first-order valence-electron chi connectivity index (χ1n) is 7.02. The molecule has 20 heavy (non-hydrogen) atoms. The van der Waals surface area contributed by atoms with Gasteiger partial charge in [0.1, 0.15) is 18.0 Å². The number of halogens is 1. The lowest BCUT2D eigenvalue weighted by molar-refractivity contribution is 0.619. The van der Waals surface area contributed by atoms with Gasteiger partial charge in [-0.25, -0.2) is 14.4 Å². The van der Waals surface area contributed by atoms with Crippen molar-refractivity contribution in [2.24, 2.45) is 0 Å². The van der Waals surface area contributed by atoms with E-state index in [4.69, 9.17) is 0 Å². The van der Waals surface area contributed by atoms with Crippen LogP contribution in [0.25, 0.3) is 11.3 Å². The maximum absolute atomic E-state index is 13.7. The van der Waals surface area contributed by atoms with Crippen molar-refractivity contribution in [1.29, 1.82) is 0 Å². The minimum atomic E-state index is -0.203. The van der Waals surface area contributed by atoms with Crippen molar-refractivity contribution in [1.82, 2.24) is 9.97 Å². The van der Waals surface area contributed by atoms with Gasteiger partial charge in [0, 0.05) is 17.7 Å². The highest BCUT2D eigenvalue weighted by atomic mass is 19.1. The molecule has 0 unspecified atom stereocenters. The average molecular weight is 273 g/mol. The maximum Gasteiger partial charge on any atom is 0.133 e. The van der Waals surface area contributed by atoms with E-state index in [1.165, 1.54) is 12.4 Å². The highest BCUT2D eigenvalue weighted by Crippen LogP contribution is 2.29. The van der Waals surface area contributed by atoms with E-state index in [2.05, 4.69) is 29.1 Å². The van der Waals surface area contributed by atoms with E-state index >= 15 is 0 Å². The number of nitrogens with zero attached hydrogens (tertiary/aromatic N) is 2. The van der Waals surface area contributed by atoms with Crippen LogP contribution in [-0.2, 0) is 6.42 Å². The summed E-state index contributed by atoms with van der Waals surface area (Å²) in [6.07, 6.45) is 3.37. The Balaban J connectivity index is 2.53. The minimum absolute atomic E-state index is 0.203. The molecular formula is C16H20FN3. The lowest BCUT2D eigenvalue weighted by atomic mass is 10.00. The molecule has 3 nitrogen and oxygen atoms in total. The molecule has 0 atom stereocenters. The molecule has 0 aliphatic heterocycles. The van der Waals surface area contributed by atoms with Crippen molar-refractivity contribution in [3.8, 4) is 11.3 Å². The zero-order chi connectivity index (χ0) is 14.5. The Kier molecular flexibility index (Phi) is 4.66. The van der Waals surface area contributed by atoms with Gasteiger partial charge in [0.25, 0.3) is 0 Å². The zero-order valence-electron chi connectivity index (χ0n) is 12.2. The van der Waals surface area contributed by atoms with Crippen LogP contribution >= 0.6 is 0 Å². The molecule has 0 bridgehead atoms. The molecule has 0 amide bonds. The number of rotatable bonds is 5. The molecule has 0 aliphatic carbocycles. The number of hydrogen-bond donors (Lipinski definition) is 1. The van der Waals surface area contributed by atoms with Crippen molar-refractivity contribution in [2.45, 2.75) is 33.6 Å². The first-order valence-corrected chi connectivity index (χ1v) is 7.02. The van der Waals surface area contributed by atoms with Crippen molar-refractivity contribution >= 4 is 5.82 Å². The lowest BCUT2D eigenvalue weighted by Gasteiger charge is -2.14. The van der Waals surface area contributed by atoms with Gasteiger partial charge < -0.3 is 5.32 Å². The Bertz CT molecular complexity index is 596. The summed E-state index contributed by atoms with van der Waals surface area (Å²) in [5, 5.41) is 3.31. The van der Waals surface area contributed by atoms with Crippen LogP contribution in [0.4, 0.5) is 10.2 Å². The van der Waals surface area contributed by atoms with Crippen molar-refractivity contribution < 1.29 is 4.39 Å². The minimum Gasteiger partial charge on any atom is -0.370 e. The molecule has 0 spiro atoms. The Labute approximate surface area is 119 Å². The summed E-state index contributed by atoms with van der Waals surface area (Å²) in [6.45, 7) is 6.82. The number of aromatic nitrogens is 2. The van der Waals surface area contributed by atoms with Crippen LogP contribution in [0.2, 0.25) is 0 Å². The summed E-state index contributed by atoms with van der Waals surface area (Å²) in [6, 6.07) is 5.10. The molecule has 2 rings (SSSR count). The van der Waals surface area contributed by atoms with Gasteiger partial charge >= 0.3 is 0 Å². The van der Waals surface area contributed by atoms with E-state index in [0.29, 0.717) is 5.56 Å². The maximum atomic E-state index is 13.7. The topological polar surface area (TPSA) is 37.8 Å². The summed E-state index contributed by atoms with van der Waals surface area (Å²) >= 11 is 0. The van der Waals surface area contributed by atoms with Crippen LogP contribution in [0.15, 0.2) is 24.5 Å². The molecular weight excluding hydrogens is 253 g/mol. The molecule has 1 aromatic carbocycles. The Hall–Kier alpha value is -1.97. The molecule has 1 heterocycles. The SMILES string of the molecule is CCCNc1ncnc(-c2cccc(F)c2C)c1CC. The number of benzene rings is 1. The second-order valence-electron chi connectivity index (χ2n) is 4.74. The van der Waals surface area contributed by atoms with E-state index in [0.717, 1.165) is 42.0 Å². The van der Waals surface area contributed by atoms with Gasteiger partial charge in [0.2, 0.25) is 0 Å². The molecule has 0 saturated heterocycles. The molecule has 1 aromatic heterocycles. The molecule has 106 valence electrons. The van der Waals surface area contributed by atoms with Crippen molar-refractivity contribution in [3.05, 3.63) is 41.5 Å². The van der Waals surface area contributed by atoms with Crippen molar-refractivity contribution in [2.75, 3.05) is 11.9 Å². The van der Waals surface area contributed by atoms with Crippen LogP contribution < -0.4 is 5.32 Å². The van der Waals surface area contributed by atoms with Gasteiger partial charge in [-0.15, -0.1) is 0 Å². The monoisotopic (exact) mass is 273 g/mol. The van der Waals surface area contributed by atoms with Gasteiger partial charge in [-0.2, -0.15) is 0 Å². The van der Waals surface area contributed by atoms with Crippen LogP contribution in [0.5, 0.6) is 0 Å². The summed E-state index contributed by atoms with van der Waals surface area (Å²) in [4.78, 5) is 8.68. The van der Waals surface area contributed by atoms with Crippen molar-refractivity contribution in [3.63, 3.8) is 0 Å². The van der Waals surface area contributed by atoms with E-state index in [9.17, 15) is 4.39 Å². The second kappa shape index (κ2) is 6.46. The second-order valence-corrected chi connectivity index (χ2v) is 4.74.